The van der Waals surface area contributed by atoms with Gasteiger partial charge >= 0.3 is 76.4 Å². The molecule has 6 heterocycles. The quantitative estimate of drug-likeness (QED) is 0.100. The lowest BCUT2D eigenvalue weighted by Gasteiger charge is -2.66. The van der Waals surface area contributed by atoms with Gasteiger partial charge in [-0.3, -0.25) is 4.79 Å². The van der Waals surface area contributed by atoms with E-state index in [0.717, 1.165) is 0 Å². The van der Waals surface area contributed by atoms with E-state index in [0.29, 0.717) is 12.8 Å². The maximum absolute atomic E-state index is 13.0. The Labute approximate surface area is 321 Å². The first kappa shape index (κ1) is 43.8. The Bertz CT molecular complexity index is 1190. The molecular weight excluding hydrogens is 809 g/mol. The Morgan fingerprint density at radius 2 is 0.692 bits per heavy atom. The Balaban J connectivity index is 1.84. The molecule has 6 aliphatic heterocycles. The van der Waals surface area contributed by atoms with Gasteiger partial charge < -0.3 is 54.1 Å². The summed E-state index contributed by atoms with van der Waals surface area (Å²) in [7, 11) is -31.8. The fraction of sp³-hybridized carbons (Fsp3) is 0.967. The zero-order valence-electron chi connectivity index (χ0n) is 34.6. The van der Waals surface area contributed by atoms with E-state index in [4.69, 9.17) is 54.1 Å². The second-order valence-electron chi connectivity index (χ2n) is 17.7. The van der Waals surface area contributed by atoms with Crippen LogP contribution in [0.1, 0.15) is 131 Å². The van der Waals surface area contributed by atoms with Gasteiger partial charge in [0, 0.05) is 44.8 Å². The summed E-state index contributed by atoms with van der Waals surface area (Å²) in [6, 6.07) is 0.249. The minimum absolute atomic E-state index is 0.138. The first-order valence-electron chi connectivity index (χ1n) is 19.4. The van der Waals surface area contributed by atoms with Crippen molar-refractivity contribution in [2.75, 3.05) is 6.61 Å². The van der Waals surface area contributed by atoms with E-state index in [-0.39, 0.29) is 57.4 Å². The molecule has 0 aromatic carbocycles. The molecule has 6 saturated heterocycles. The van der Waals surface area contributed by atoms with Gasteiger partial charge in [-0.15, -0.1) is 0 Å². The minimum Gasteiger partial charge on any atom is -0.465 e. The molecule has 14 nitrogen and oxygen atoms in total. The van der Waals surface area contributed by atoms with Gasteiger partial charge in [-0.2, -0.15) is 0 Å². The molecule has 8 bridgehead atoms. The van der Waals surface area contributed by atoms with Crippen molar-refractivity contribution < 1.29 is 58.9 Å². The normalized spacial score (nSPS) is 42.1. The predicted molar refractivity (Wildman–Crippen MR) is 209 cm³/mol. The molecule has 0 spiro atoms. The van der Waals surface area contributed by atoms with Gasteiger partial charge in [0.2, 0.25) is 0 Å². The fourth-order valence-electron chi connectivity index (χ4n) is 6.36. The van der Waals surface area contributed by atoms with Crippen molar-refractivity contribution in [3.8, 4) is 0 Å². The molecule has 0 radical (unpaired) electrons. The minimum atomic E-state index is -4.07. The maximum atomic E-state index is 13.0. The average molecular weight is 876 g/mol. The van der Waals surface area contributed by atoms with Gasteiger partial charge in [0.15, 0.2) is 0 Å². The highest BCUT2D eigenvalue weighted by Crippen LogP contribution is 2.59. The number of esters is 1. The molecule has 0 aromatic heterocycles. The molecular formula is C30H66O14Si8. The van der Waals surface area contributed by atoms with Crippen LogP contribution in [-0.4, -0.2) is 83.0 Å². The monoisotopic (exact) mass is 874 g/mol. The molecule has 0 aromatic rings. The first-order chi connectivity index (χ1) is 23.8. The maximum Gasteiger partial charge on any atom is 0.481 e. The summed E-state index contributed by atoms with van der Waals surface area (Å²) in [5.41, 5.74) is -2.64. The van der Waals surface area contributed by atoms with Crippen LogP contribution in [0, 0.1) is 5.41 Å². The highest BCUT2D eigenvalue weighted by atomic mass is 28.6. The molecule has 0 aliphatic carbocycles. The van der Waals surface area contributed by atoms with Crippen molar-refractivity contribution in [2.45, 2.75) is 175 Å². The molecule has 6 rings (SSSR count). The number of carbonyl (C=O) groups excluding carboxylic acids is 1. The van der Waals surface area contributed by atoms with Crippen molar-refractivity contribution in [3.63, 3.8) is 0 Å². The van der Waals surface area contributed by atoms with Crippen LogP contribution in [0.2, 0.25) is 44.8 Å². The third-order valence-corrected chi connectivity index (χ3v) is 49.2. The zero-order valence-corrected chi connectivity index (χ0v) is 42.6. The van der Waals surface area contributed by atoms with Crippen molar-refractivity contribution in [1.82, 2.24) is 0 Å². The van der Waals surface area contributed by atoms with E-state index in [1.54, 1.807) is 0 Å². The number of hydrogen-bond donors (Lipinski definition) is 0. The lowest BCUT2D eigenvalue weighted by atomic mass is 9.91. The van der Waals surface area contributed by atoms with E-state index in [1.165, 1.54) is 0 Å². The molecule has 22 heteroatoms. The lowest BCUT2D eigenvalue weighted by molar-refractivity contribution is -0.154. The van der Waals surface area contributed by atoms with Crippen LogP contribution in [0.4, 0.5) is 0 Å². The van der Waals surface area contributed by atoms with Gasteiger partial charge in [-0.25, -0.2) is 0 Å². The first-order valence-corrected chi connectivity index (χ1v) is 33.9. The van der Waals surface area contributed by atoms with Gasteiger partial charge in [-0.1, -0.05) is 104 Å². The molecule has 6 fully saturated rings. The smallest absolute Gasteiger partial charge is 0.465 e. The van der Waals surface area contributed by atoms with Gasteiger partial charge in [-0.05, 0) is 26.7 Å². The average Bonchev–Trinajstić information content (AvgIpc) is 2.97. The van der Waals surface area contributed by atoms with Crippen molar-refractivity contribution in [3.05, 3.63) is 0 Å². The third-order valence-electron chi connectivity index (χ3n) is 10.7. The Morgan fingerprint density at radius 3 is 0.904 bits per heavy atom. The van der Waals surface area contributed by atoms with Crippen LogP contribution >= 0.6 is 0 Å². The Hall–Kier alpha value is 0.725. The van der Waals surface area contributed by atoms with E-state index >= 15 is 0 Å². The lowest BCUT2D eigenvalue weighted by Crippen LogP contribution is -2.90. The summed E-state index contributed by atoms with van der Waals surface area (Å²) in [6.07, 6.45) is 1.04. The van der Waals surface area contributed by atoms with Crippen LogP contribution in [0.15, 0.2) is 0 Å². The number of rotatable bonds is 13. The van der Waals surface area contributed by atoms with Crippen molar-refractivity contribution in [2.24, 2.45) is 5.41 Å². The molecule has 0 unspecified atom stereocenters. The topological polar surface area (TPSA) is 137 Å². The molecule has 0 atom stereocenters. The Kier molecular flexibility index (Phi) is 12.2. The van der Waals surface area contributed by atoms with Crippen LogP contribution in [0.3, 0.4) is 0 Å². The van der Waals surface area contributed by atoms with Crippen LogP contribution in [0.5, 0.6) is 0 Å². The highest BCUT2D eigenvalue weighted by molar-refractivity contribution is 7.04. The SMILES string of the molecule is CCC(C)(C)C(=O)OCCC[Si]12O[Si]3(C(C)C)O[Si]4(C(C)C)O[Si](C(C)C)(O1)O[Si]1(C(C)C)O[Si](C(C)C)(O2)O[Si](C(C)C)(O3)O[Si](C(C)C)(O4)O1. The molecule has 302 valence electrons. The molecule has 0 amide bonds. The van der Waals surface area contributed by atoms with Crippen molar-refractivity contribution in [1.29, 1.82) is 0 Å². The van der Waals surface area contributed by atoms with E-state index in [2.05, 4.69) is 0 Å². The summed E-state index contributed by atoms with van der Waals surface area (Å²) in [5.74, 6) is -0.261. The van der Waals surface area contributed by atoms with Gasteiger partial charge in [0.1, 0.15) is 0 Å². The third kappa shape index (κ3) is 7.23. The molecule has 0 N–H and O–H groups in total. The summed E-state index contributed by atoms with van der Waals surface area (Å²) in [6.45, 7) is 34.3. The fourth-order valence-corrected chi connectivity index (χ4v) is 60.4. The number of ether oxygens (including phenoxy) is 1. The Morgan fingerprint density at radius 1 is 0.462 bits per heavy atom. The predicted octanol–water partition coefficient (Wildman–Crippen LogP) is 8.00. The number of carbonyl (C=O) groups is 1. The molecule has 52 heavy (non-hydrogen) atoms. The highest BCUT2D eigenvalue weighted by Gasteiger charge is 2.85. The van der Waals surface area contributed by atoms with E-state index in [9.17, 15) is 4.79 Å². The number of hydrogen-bond acceptors (Lipinski definition) is 14. The second-order valence-corrected chi connectivity index (χ2v) is 45.9. The summed E-state index contributed by atoms with van der Waals surface area (Å²) < 4.78 is 96.4. The van der Waals surface area contributed by atoms with E-state index < -0.39 is 75.9 Å². The van der Waals surface area contributed by atoms with Gasteiger partial charge in [0.05, 0.1) is 12.0 Å². The van der Waals surface area contributed by atoms with Crippen LogP contribution < -0.4 is 0 Å². The summed E-state index contributed by atoms with van der Waals surface area (Å²) >= 11 is 0. The standard InChI is InChI=1S/C30H66O14Si8/c1-18-30(16,17)29(31)32-20-19-21-45-33-46(22(2)3)36-49(25(8)9)38-47(34-45,23(4)5)40-51(27(12)13)41-48(35-45,24(6)7)39-50(37-46,26(10)11)43-52(42-49,44-51)28(14)15/h22-28H,18-21H2,1-17H3. The zero-order chi connectivity index (χ0) is 39.1. The summed E-state index contributed by atoms with van der Waals surface area (Å²) in [5, 5.41) is 0. The summed E-state index contributed by atoms with van der Waals surface area (Å²) in [4.78, 5) is 13.0. The largest absolute Gasteiger partial charge is 0.481 e. The van der Waals surface area contributed by atoms with Crippen LogP contribution in [0.25, 0.3) is 0 Å². The molecule has 0 saturated carbocycles. The van der Waals surface area contributed by atoms with E-state index in [1.807, 2.05) is 118 Å². The second kappa shape index (κ2) is 14.5. The molecule has 6 aliphatic rings. The van der Waals surface area contributed by atoms with Gasteiger partial charge in [0.25, 0.3) is 0 Å². The van der Waals surface area contributed by atoms with Crippen molar-refractivity contribution >= 4 is 76.4 Å². The van der Waals surface area contributed by atoms with Crippen LogP contribution in [-0.2, 0) is 58.9 Å².